The van der Waals surface area contributed by atoms with Crippen molar-refractivity contribution in [1.29, 1.82) is 0 Å². The highest BCUT2D eigenvalue weighted by Crippen LogP contribution is 2.30. The molecule has 1 saturated carbocycles. The van der Waals surface area contributed by atoms with Crippen LogP contribution in [0.25, 0.3) is 22.2 Å². The van der Waals surface area contributed by atoms with Crippen LogP contribution in [0.4, 0.5) is 5.82 Å². The summed E-state index contributed by atoms with van der Waals surface area (Å²) in [6.45, 7) is 3.46. The number of hydrogen-bond donors (Lipinski definition) is 1. The van der Waals surface area contributed by atoms with E-state index < -0.39 is 0 Å². The summed E-state index contributed by atoms with van der Waals surface area (Å²) in [6, 6.07) is 4.90. The molecule has 162 valence electrons. The van der Waals surface area contributed by atoms with Crippen molar-refractivity contribution < 1.29 is 13.9 Å². The van der Waals surface area contributed by atoms with Gasteiger partial charge in [0.05, 0.1) is 25.5 Å². The van der Waals surface area contributed by atoms with Gasteiger partial charge >= 0.3 is 0 Å². The molecule has 0 aromatic carbocycles. The summed E-state index contributed by atoms with van der Waals surface area (Å²) < 4.78 is 10.9. The minimum atomic E-state index is 0.0324. The Hall–Kier alpha value is -2.84. The molecule has 3 aromatic rings. The molecule has 31 heavy (non-hydrogen) atoms. The number of carbonyl (C=O) groups is 1. The Morgan fingerprint density at radius 2 is 1.77 bits per heavy atom. The van der Waals surface area contributed by atoms with Crippen molar-refractivity contribution in [2.75, 3.05) is 25.6 Å². The molecular formula is C23H27N5O3. The molecule has 0 atom stereocenters. The van der Waals surface area contributed by atoms with Crippen LogP contribution in [0.5, 0.6) is 0 Å². The predicted octanol–water partition coefficient (Wildman–Crippen LogP) is 3.42. The lowest BCUT2D eigenvalue weighted by Gasteiger charge is -2.42. The van der Waals surface area contributed by atoms with E-state index in [9.17, 15) is 4.79 Å². The first kappa shape index (κ1) is 20.1. The van der Waals surface area contributed by atoms with Gasteiger partial charge in [0.25, 0.3) is 0 Å². The van der Waals surface area contributed by atoms with Crippen LogP contribution in [0.1, 0.15) is 31.6 Å². The van der Waals surface area contributed by atoms with Crippen molar-refractivity contribution in [2.24, 2.45) is 5.92 Å². The highest BCUT2D eigenvalue weighted by atomic mass is 16.5. The standard InChI is InChI=1S/C23H27N5O3/c1-14-24-11-21(31-14)20-7-16-8-22(26-10-17(16)9-25-20)27-23(29)15-3-5-18(6-4-15)28(2)19-12-30-13-19/h7-11,15,18-19H,3-6,12-13H2,1-2H3,(H,26,27,29). The Labute approximate surface area is 181 Å². The van der Waals surface area contributed by atoms with Gasteiger partial charge in [-0.05, 0) is 50.2 Å². The Morgan fingerprint density at radius 3 is 2.45 bits per heavy atom. The van der Waals surface area contributed by atoms with Crippen LogP contribution in [0.2, 0.25) is 0 Å². The smallest absolute Gasteiger partial charge is 0.228 e. The van der Waals surface area contributed by atoms with Gasteiger partial charge in [0.1, 0.15) is 11.5 Å². The maximum absolute atomic E-state index is 12.9. The molecule has 0 spiro atoms. The molecule has 2 aliphatic rings. The number of pyridine rings is 2. The van der Waals surface area contributed by atoms with Gasteiger partial charge in [-0.25, -0.2) is 9.97 Å². The highest BCUT2D eigenvalue weighted by Gasteiger charge is 2.33. The molecule has 8 heteroatoms. The van der Waals surface area contributed by atoms with E-state index >= 15 is 0 Å². The molecule has 1 aliphatic heterocycles. The molecular weight excluding hydrogens is 394 g/mol. The summed E-state index contributed by atoms with van der Waals surface area (Å²) in [6.07, 6.45) is 9.05. The molecule has 4 heterocycles. The van der Waals surface area contributed by atoms with E-state index in [1.165, 1.54) is 0 Å². The van der Waals surface area contributed by atoms with Gasteiger partial charge in [0.15, 0.2) is 11.7 Å². The number of oxazole rings is 1. The van der Waals surface area contributed by atoms with Crippen molar-refractivity contribution in [3.8, 4) is 11.5 Å². The van der Waals surface area contributed by atoms with Gasteiger partial charge < -0.3 is 14.5 Å². The third-order valence-electron chi connectivity index (χ3n) is 6.57. The summed E-state index contributed by atoms with van der Waals surface area (Å²) in [7, 11) is 2.18. The number of aromatic nitrogens is 3. The largest absolute Gasteiger partial charge is 0.439 e. The molecule has 1 aliphatic carbocycles. The summed E-state index contributed by atoms with van der Waals surface area (Å²) >= 11 is 0. The molecule has 5 rings (SSSR count). The zero-order valence-corrected chi connectivity index (χ0v) is 17.9. The average molecular weight is 422 g/mol. The Morgan fingerprint density at radius 1 is 1.00 bits per heavy atom. The Bertz CT molecular complexity index is 1090. The number of nitrogens with zero attached hydrogens (tertiary/aromatic N) is 4. The van der Waals surface area contributed by atoms with Crippen LogP contribution in [0.3, 0.4) is 0 Å². The van der Waals surface area contributed by atoms with E-state index in [4.69, 9.17) is 9.15 Å². The Balaban J connectivity index is 1.24. The van der Waals surface area contributed by atoms with Crippen molar-refractivity contribution in [3.05, 3.63) is 36.6 Å². The first-order valence-corrected chi connectivity index (χ1v) is 10.9. The van der Waals surface area contributed by atoms with Crippen molar-refractivity contribution in [1.82, 2.24) is 19.9 Å². The third kappa shape index (κ3) is 4.18. The quantitative estimate of drug-likeness (QED) is 0.675. The zero-order chi connectivity index (χ0) is 21.4. The first-order chi connectivity index (χ1) is 15.1. The maximum atomic E-state index is 12.9. The predicted molar refractivity (Wildman–Crippen MR) is 117 cm³/mol. The minimum absolute atomic E-state index is 0.0324. The lowest BCUT2D eigenvalue weighted by Crippen LogP contribution is -2.52. The second kappa shape index (κ2) is 8.36. The Kier molecular flexibility index (Phi) is 5.41. The molecule has 3 aromatic heterocycles. The van der Waals surface area contributed by atoms with Crippen LogP contribution in [-0.2, 0) is 9.53 Å². The molecule has 2 fully saturated rings. The average Bonchev–Trinajstić information content (AvgIpc) is 3.18. The van der Waals surface area contributed by atoms with Gasteiger partial charge in [0, 0.05) is 36.7 Å². The lowest BCUT2D eigenvalue weighted by molar-refractivity contribution is -0.121. The molecule has 1 N–H and O–H groups in total. The number of carbonyl (C=O) groups excluding carboxylic acids is 1. The lowest BCUT2D eigenvalue weighted by atomic mass is 9.84. The van der Waals surface area contributed by atoms with Crippen LogP contribution in [0, 0.1) is 12.8 Å². The van der Waals surface area contributed by atoms with E-state index in [2.05, 4.69) is 32.2 Å². The molecule has 0 radical (unpaired) electrons. The molecule has 0 bridgehead atoms. The number of hydrogen-bond acceptors (Lipinski definition) is 7. The topological polar surface area (TPSA) is 93.4 Å². The number of likely N-dealkylation sites (N-methyl/N-ethyl adjacent to an activating group) is 1. The molecule has 1 amide bonds. The highest BCUT2D eigenvalue weighted by molar-refractivity contribution is 5.94. The van der Waals surface area contributed by atoms with E-state index in [-0.39, 0.29) is 11.8 Å². The summed E-state index contributed by atoms with van der Waals surface area (Å²) in [5, 5.41) is 4.86. The monoisotopic (exact) mass is 421 g/mol. The number of rotatable bonds is 5. The fraction of sp³-hybridized carbons (Fsp3) is 0.478. The van der Waals surface area contributed by atoms with Crippen LogP contribution in [0.15, 0.2) is 35.1 Å². The SMILES string of the molecule is Cc1ncc(-c2cc3cc(NC(=O)C4CCC(N(C)C5COC5)CC4)ncc3cn2)o1. The van der Waals surface area contributed by atoms with E-state index in [0.717, 1.165) is 49.7 Å². The second-order valence-corrected chi connectivity index (χ2v) is 8.58. The molecule has 1 saturated heterocycles. The maximum Gasteiger partial charge on any atom is 0.228 e. The van der Waals surface area contributed by atoms with E-state index in [1.807, 2.05) is 12.1 Å². The van der Waals surface area contributed by atoms with Gasteiger partial charge in [0.2, 0.25) is 5.91 Å². The zero-order valence-electron chi connectivity index (χ0n) is 17.9. The number of aryl methyl sites for hydroxylation is 1. The van der Waals surface area contributed by atoms with E-state index in [1.54, 1.807) is 25.5 Å². The normalized spacial score (nSPS) is 21.9. The third-order valence-corrected chi connectivity index (χ3v) is 6.57. The number of ether oxygens (including phenoxy) is 1. The second-order valence-electron chi connectivity index (χ2n) is 8.58. The number of anilines is 1. The minimum Gasteiger partial charge on any atom is -0.439 e. The van der Waals surface area contributed by atoms with Crippen LogP contribution >= 0.6 is 0 Å². The summed E-state index contributed by atoms with van der Waals surface area (Å²) in [4.78, 5) is 28.2. The number of amides is 1. The number of nitrogens with one attached hydrogen (secondary N) is 1. The first-order valence-electron chi connectivity index (χ1n) is 10.9. The van der Waals surface area contributed by atoms with Gasteiger partial charge in [-0.15, -0.1) is 0 Å². The molecule has 0 unspecified atom stereocenters. The van der Waals surface area contributed by atoms with Gasteiger partial charge in [-0.3, -0.25) is 14.7 Å². The fourth-order valence-corrected chi connectivity index (χ4v) is 4.45. The van der Waals surface area contributed by atoms with Crippen molar-refractivity contribution in [3.63, 3.8) is 0 Å². The fourth-order valence-electron chi connectivity index (χ4n) is 4.45. The number of fused-ring (bicyclic) bond motifs is 1. The van der Waals surface area contributed by atoms with Crippen molar-refractivity contribution in [2.45, 2.75) is 44.7 Å². The molecule has 8 nitrogen and oxygen atoms in total. The van der Waals surface area contributed by atoms with Crippen LogP contribution < -0.4 is 5.32 Å². The van der Waals surface area contributed by atoms with E-state index in [0.29, 0.717) is 35.2 Å². The van der Waals surface area contributed by atoms with Gasteiger partial charge in [-0.2, -0.15) is 0 Å². The van der Waals surface area contributed by atoms with Crippen LogP contribution in [-0.4, -0.2) is 58.1 Å². The summed E-state index contributed by atoms with van der Waals surface area (Å²) in [5.41, 5.74) is 0.705. The van der Waals surface area contributed by atoms with Crippen molar-refractivity contribution >= 4 is 22.5 Å². The summed E-state index contributed by atoms with van der Waals surface area (Å²) in [5.74, 6) is 1.87. The van der Waals surface area contributed by atoms with Gasteiger partial charge in [-0.1, -0.05) is 0 Å².